The summed E-state index contributed by atoms with van der Waals surface area (Å²) in [5.41, 5.74) is 0. The van der Waals surface area contributed by atoms with Crippen LogP contribution in [0.2, 0.25) is 0 Å². The van der Waals surface area contributed by atoms with Gasteiger partial charge < -0.3 is 10.6 Å². The molecule has 0 aliphatic rings. The van der Waals surface area contributed by atoms with Gasteiger partial charge in [0.2, 0.25) is 0 Å². The number of guanidine groups is 1. The first-order valence-electron chi connectivity index (χ1n) is 3.88. The lowest BCUT2D eigenvalue weighted by atomic mass is 10.5. The number of nitrogens with one attached hydrogen (secondary N) is 2. The van der Waals surface area contributed by atoms with Crippen LogP contribution in [0, 0.1) is 0 Å². The zero-order chi connectivity index (χ0) is 9.68. The van der Waals surface area contributed by atoms with Crippen LogP contribution in [0.15, 0.2) is 20.9 Å². The Morgan fingerprint density at radius 3 is 2.92 bits per heavy atom. The number of hydrogen-bond donors (Lipinski definition) is 2. The minimum Gasteiger partial charge on any atom is -0.359 e. The van der Waals surface area contributed by atoms with Crippen molar-refractivity contribution in [3.63, 3.8) is 0 Å². The third-order valence-electron chi connectivity index (χ3n) is 1.57. The molecule has 0 aromatic carbocycles. The fourth-order valence-corrected chi connectivity index (χ4v) is 2.33. The first-order chi connectivity index (χ1) is 6.27. The minimum atomic E-state index is 0.797. The van der Waals surface area contributed by atoms with Gasteiger partial charge in [-0.3, -0.25) is 4.99 Å². The van der Waals surface area contributed by atoms with Gasteiger partial charge in [0, 0.05) is 23.4 Å². The smallest absolute Gasteiger partial charge is 0.191 e. The van der Waals surface area contributed by atoms with Crippen molar-refractivity contribution in [3.05, 3.63) is 20.8 Å². The quantitative estimate of drug-likeness (QED) is 0.630. The minimum absolute atomic E-state index is 0.797. The van der Waals surface area contributed by atoms with E-state index >= 15 is 0 Å². The molecule has 0 bridgehead atoms. The molecule has 1 heterocycles. The SMILES string of the molecule is CN=C(NC)NCc1sccc1Br. The molecule has 5 heteroatoms. The van der Waals surface area contributed by atoms with E-state index in [1.807, 2.05) is 13.1 Å². The van der Waals surface area contributed by atoms with Gasteiger partial charge in [-0.2, -0.15) is 0 Å². The Bertz CT molecular complexity index is 295. The summed E-state index contributed by atoms with van der Waals surface area (Å²) in [6, 6.07) is 2.05. The van der Waals surface area contributed by atoms with Crippen LogP contribution >= 0.6 is 27.3 Å². The molecule has 1 aromatic rings. The number of rotatable bonds is 2. The number of thiophene rings is 1. The summed E-state index contributed by atoms with van der Waals surface area (Å²) in [5.74, 6) is 0.806. The van der Waals surface area contributed by atoms with Crippen LogP contribution in [-0.2, 0) is 6.54 Å². The summed E-state index contributed by atoms with van der Waals surface area (Å²) in [6.07, 6.45) is 0. The van der Waals surface area contributed by atoms with Crippen molar-refractivity contribution in [2.45, 2.75) is 6.54 Å². The van der Waals surface area contributed by atoms with Crippen LogP contribution in [0.4, 0.5) is 0 Å². The highest BCUT2D eigenvalue weighted by molar-refractivity contribution is 9.10. The number of halogens is 1. The van der Waals surface area contributed by atoms with Gasteiger partial charge in [-0.1, -0.05) is 0 Å². The van der Waals surface area contributed by atoms with Crippen LogP contribution in [-0.4, -0.2) is 20.1 Å². The van der Waals surface area contributed by atoms with Gasteiger partial charge in [0.05, 0.1) is 6.54 Å². The zero-order valence-corrected chi connectivity index (χ0v) is 10.00. The van der Waals surface area contributed by atoms with Gasteiger partial charge >= 0.3 is 0 Å². The van der Waals surface area contributed by atoms with Gasteiger partial charge in [-0.05, 0) is 27.4 Å². The van der Waals surface area contributed by atoms with Gasteiger partial charge in [-0.15, -0.1) is 11.3 Å². The summed E-state index contributed by atoms with van der Waals surface area (Å²) in [7, 11) is 3.60. The van der Waals surface area contributed by atoms with E-state index in [2.05, 4.69) is 36.9 Å². The van der Waals surface area contributed by atoms with Crippen molar-refractivity contribution in [1.29, 1.82) is 0 Å². The van der Waals surface area contributed by atoms with E-state index in [1.54, 1.807) is 18.4 Å². The summed E-state index contributed by atoms with van der Waals surface area (Å²) < 4.78 is 1.15. The summed E-state index contributed by atoms with van der Waals surface area (Å²) in [4.78, 5) is 5.29. The van der Waals surface area contributed by atoms with Crippen molar-refractivity contribution in [3.8, 4) is 0 Å². The van der Waals surface area contributed by atoms with Crippen LogP contribution in [0.25, 0.3) is 0 Å². The number of hydrogen-bond acceptors (Lipinski definition) is 2. The first kappa shape index (κ1) is 10.5. The summed E-state index contributed by atoms with van der Waals surface area (Å²) in [6.45, 7) is 0.797. The molecule has 0 fully saturated rings. The molecule has 0 spiro atoms. The maximum Gasteiger partial charge on any atom is 0.191 e. The summed E-state index contributed by atoms with van der Waals surface area (Å²) in [5, 5.41) is 8.20. The van der Waals surface area contributed by atoms with Crippen LogP contribution in [0.3, 0.4) is 0 Å². The third-order valence-corrected chi connectivity index (χ3v) is 3.49. The Kier molecular flexibility index (Phi) is 4.24. The maximum atomic E-state index is 4.02. The molecule has 72 valence electrons. The molecule has 1 aromatic heterocycles. The Balaban J connectivity index is 2.48. The predicted molar refractivity (Wildman–Crippen MR) is 61.3 cm³/mol. The standard InChI is InChI=1S/C8H12BrN3S/c1-10-8(11-2)12-5-7-6(9)3-4-13-7/h3-4H,5H2,1-2H3,(H2,10,11,12). The lowest BCUT2D eigenvalue weighted by molar-refractivity contribution is 0.877. The Hall–Kier alpha value is -0.550. The molecule has 0 aliphatic carbocycles. The first-order valence-corrected chi connectivity index (χ1v) is 5.55. The van der Waals surface area contributed by atoms with E-state index in [1.165, 1.54) is 4.88 Å². The van der Waals surface area contributed by atoms with E-state index in [0.717, 1.165) is 17.0 Å². The highest BCUT2D eigenvalue weighted by Crippen LogP contribution is 2.21. The number of aliphatic imine (C=N–C) groups is 1. The molecular formula is C8H12BrN3S. The van der Waals surface area contributed by atoms with Gasteiger partial charge in [0.1, 0.15) is 0 Å². The van der Waals surface area contributed by atoms with E-state index in [-0.39, 0.29) is 0 Å². The molecule has 0 radical (unpaired) electrons. The lowest BCUT2D eigenvalue weighted by Gasteiger charge is -2.06. The van der Waals surface area contributed by atoms with Crippen molar-refractivity contribution >= 4 is 33.2 Å². The fraction of sp³-hybridized carbons (Fsp3) is 0.375. The number of nitrogens with zero attached hydrogens (tertiary/aromatic N) is 1. The highest BCUT2D eigenvalue weighted by atomic mass is 79.9. The van der Waals surface area contributed by atoms with Crippen LogP contribution < -0.4 is 10.6 Å². The van der Waals surface area contributed by atoms with Crippen molar-refractivity contribution in [2.75, 3.05) is 14.1 Å². The van der Waals surface area contributed by atoms with E-state index in [0.29, 0.717) is 0 Å². The van der Waals surface area contributed by atoms with Crippen molar-refractivity contribution < 1.29 is 0 Å². The molecule has 1 rings (SSSR count). The van der Waals surface area contributed by atoms with Crippen molar-refractivity contribution in [1.82, 2.24) is 10.6 Å². The molecule has 0 saturated carbocycles. The summed E-state index contributed by atoms with van der Waals surface area (Å²) >= 11 is 5.19. The molecule has 3 nitrogen and oxygen atoms in total. The lowest BCUT2D eigenvalue weighted by Crippen LogP contribution is -2.33. The fourth-order valence-electron chi connectivity index (χ4n) is 0.894. The third kappa shape index (κ3) is 3.00. The van der Waals surface area contributed by atoms with Crippen molar-refractivity contribution in [2.24, 2.45) is 4.99 Å². The van der Waals surface area contributed by atoms with Gasteiger partial charge in [-0.25, -0.2) is 0 Å². The normalized spacial score (nSPS) is 11.5. The molecule has 0 unspecified atom stereocenters. The Labute approximate surface area is 90.4 Å². The highest BCUT2D eigenvalue weighted by Gasteiger charge is 2.01. The maximum absolute atomic E-state index is 4.02. The van der Waals surface area contributed by atoms with Crippen LogP contribution in [0.5, 0.6) is 0 Å². The second-order valence-corrected chi connectivity index (χ2v) is 4.22. The second-order valence-electron chi connectivity index (χ2n) is 2.37. The Morgan fingerprint density at radius 1 is 1.69 bits per heavy atom. The predicted octanol–water partition coefficient (Wildman–Crippen LogP) is 1.81. The van der Waals surface area contributed by atoms with Gasteiger partial charge in [0.25, 0.3) is 0 Å². The van der Waals surface area contributed by atoms with E-state index in [9.17, 15) is 0 Å². The molecule has 2 N–H and O–H groups in total. The molecular weight excluding hydrogens is 250 g/mol. The largest absolute Gasteiger partial charge is 0.359 e. The molecule has 13 heavy (non-hydrogen) atoms. The Morgan fingerprint density at radius 2 is 2.46 bits per heavy atom. The molecule has 0 atom stereocenters. The molecule has 0 aliphatic heterocycles. The van der Waals surface area contributed by atoms with E-state index < -0.39 is 0 Å². The van der Waals surface area contributed by atoms with Crippen LogP contribution in [0.1, 0.15) is 4.88 Å². The monoisotopic (exact) mass is 261 g/mol. The zero-order valence-electron chi connectivity index (χ0n) is 7.60. The van der Waals surface area contributed by atoms with Gasteiger partial charge in [0.15, 0.2) is 5.96 Å². The molecule has 0 saturated heterocycles. The molecule has 0 amide bonds. The van der Waals surface area contributed by atoms with E-state index in [4.69, 9.17) is 0 Å². The average Bonchev–Trinajstić information content (AvgIpc) is 2.54. The topological polar surface area (TPSA) is 36.4 Å². The average molecular weight is 262 g/mol. The second kappa shape index (κ2) is 5.24.